The standard InChI is InChI=1S/C19H30N2O5S/c1-6-25-11-7-10-20-18(22)17-13-21(27(5,23)24)15-12-14(19(2,3)4)8-9-16(15)26-17/h8-9,12,17H,6-7,10-11,13H2,1-5H3,(H,20,22). The predicted molar refractivity (Wildman–Crippen MR) is 106 cm³/mol. The predicted octanol–water partition coefficient (Wildman–Crippen LogP) is 2.05. The molecule has 0 aliphatic carbocycles. The molecule has 1 unspecified atom stereocenters. The maximum Gasteiger partial charge on any atom is 0.263 e. The Kier molecular flexibility index (Phi) is 6.75. The summed E-state index contributed by atoms with van der Waals surface area (Å²) < 4.78 is 37.0. The van der Waals surface area contributed by atoms with Gasteiger partial charge in [-0.3, -0.25) is 9.10 Å². The van der Waals surface area contributed by atoms with Gasteiger partial charge >= 0.3 is 0 Å². The minimum atomic E-state index is -3.55. The van der Waals surface area contributed by atoms with Gasteiger partial charge in [-0.2, -0.15) is 0 Å². The zero-order chi connectivity index (χ0) is 20.2. The highest BCUT2D eigenvalue weighted by atomic mass is 32.2. The largest absolute Gasteiger partial charge is 0.476 e. The molecule has 1 amide bonds. The molecule has 1 atom stereocenters. The molecule has 27 heavy (non-hydrogen) atoms. The zero-order valence-electron chi connectivity index (χ0n) is 16.7. The zero-order valence-corrected chi connectivity index (χ0v) is 17.6. The number of hydrogen-bond acceptors (Lipinski definition) is 5. The summed E-state index contributed by atoms with van der Waals surface area (Å²) in [5.41, 5.74) is 1.34. The fourth-order valence-corrected chi connectivity index (χ4v) is 3.72. The van der Waals surface area contributed by atoms with Crippen molar-refractivity contribution in [2.45, 2.75) is 45.6 Å². The Morgan fingerprint density at radius 3 is 2.67 bits per heavy atom. The first-order valence-electron chi connectivity index (χ1n) is 9.18. The molecule has 0 saturated carbocycles. The van der Waals surface area contributed by atoms with E-state index in [1.54, 1.807) is 6.07 Å². The molecule has 1 aliphatic rings. The summed E-state index contributed by atoms with van der Waals surface area (Å²) in [6, 6.07) is 5.47. The van der Waals surface area contributed by atoms with Crippen LogP contribution in [0, 0.1) is 0 Å². The molecule has 0 spiro atoms. The Balaban J connectivity index is 2.20. The molecule has 1 aromatic carbocycles. The molecule has 1 aliphatic heterocycles. The van der Waals surface area contributed by atoms with Crippen molar-refractivity contribution in [3.8, 4) is 5.75 Å². The number of carbonyl (C=O) groups excluding carboxylic acids is 1. The highest BCUT2D eigenvalue weighted by Gasteiger charge is 2.35. The van der Waals surface area contributed by atoms with Crippen LogP contribution in [0.2, 0.25) is 0 Å². The monoisotopic (exact) mass is 398 g/mol. The van der Waals surface area contributed by atoms with Crippen molar-refractivity contribution < 1.29 is 22.7 Å². The molecule has 8 heteroatoms. The molecular formula is C19H30N2O5S. The highest BCUT2D eigenvalue weighted by Crippen LogP contribution is 2.38. The van der Waals surface area contributed by atoms with Crippen LogP contribution in [0.25, 0.3) is 0 Å². The second kappa shape index (κ2) is 8.48. The third kappa shape index (κ3) is 5.59. The molecular weight excluding hydrogens is 368 g/mol. The normalized spacial score (nSPS) is 17.2. The molecule has 152 valence electrons. The number of sulfonamides is 1. The Morgan fingerprint density at radius 2 is 2.07 bits per heavy atom. The van der Waals surface area contributed by atoms with Gasteiger partial charge in [-0.15, -0.1) is 0 Å². The Hall–Kier alpha value is -1.80. The van der Waals surface area contributed by atoms with E-state index < -0.39 is 16.1 Å². The lowest BCUT2D eigenvalue weighted by atomic mass is 9.86. The molecule has 1 aromatic rings. The molecule has 0 bridgehead atoms. The molecule has 1 heterocycles. The van der Waals surface area contributed by atoms with E-state index in [1.165, 1.54) is 4.31 Å². The number of hydrogen-bond donors (Lipinski definition) is 1. The summed E-state index contributed by atoms with van der Waals surface area (Å²) in [5, 5.41) is 2.78. The van der Waals surface area contributed by atoms with Crippen LogP contribution in [0.15, 0.2) is 18.2 Å². The molecule has 0 radical (unpaired) electrons. The third-order valence-electron chi connectivity index (χ3n) is 4.36. The highest BCUT2D eigenvalue weighted by molar-refractivity contribution is 7.92. The molecule has 0 saturated heterocycles. The van der Waals surface area contributed by atoms with Gasteiger partial charge in [0, 0.05) is 19.8 Å². The fraction of sp³-hybridized carbons (Fsp3) is 0.632. The van der Waals surface area contributed by atoms with Crippen LogP contribution in [0.1, 0.15) is 39.7 Å². The van der Waals surface area contributed by atoms with Crippen molar-refractivity contribution in [2.24, 2.45) is 0 Å². The number of amides is 1. The van der Waals surface area contributed by atoms with E-state index in [2.05, 4.69) is 26.1 Å². The molecule has 0 fully saturated rings. The van der Waals surface area contributed by atoms with Gasteiger partial charge in [-0.25, -0.2) is 8.42 Å². The first-order valence-corrected chi connectivity index (χ1v) is 11.0. The second-order valence-corrected chi connectivity index (χ2v) is 9.58. The maximum atomic E-state index is 12.4. The Bertz CT molecular complexity index is 771. The first-order chi connectivity index (χ1) is 12.5. The number of nitrogens with one attached hydrogen (secondary N) is 1. The van der Waals surface area contributed by atoms with Gasteiger partial charge in [0.05, 0.1) is 18.5 Å². The van der Waals surface area contributed by atoms with E-state index in [4.69, 9.17) is 9.47 Å². The smallest absolute Gasteiger partial charge is 0.263 e. The Labute approximate surface area is 162 Å². The number of anilines is 1. The number of nitrogens with zero attached hydrogens (tertiary/aromatic N) is 1. The number of fused-ring (bicyclic) bond motifs is 1. The van der Waals surface area contributed by atoms with Crippen LogP contribution in [0.4, 0.5) is 5.69 Å². The van der Waals surface area contributed by atoms with Gasteiger partial charge in [-0.05, 0) is 36.5 Å². The van der Waals surface area contributed by atoms with Crippen molar-refractivity contribution in [2.75, 3.05) is 36.9 Å². The van der Waals surface area contributed by atoms with Gasteiger partial charge < -0.3 is 14.8 Å². The van der Waals surface area contributed by atoms with Gasteiger partial charge in [-0.1, -0.05) is 26.8 Å². The molecule has 2 rings (SSSR count). The van der Waals surface area contributed by atoms with E-state index >= 15 is 0 Å². The first kappa shape index (κ1) is 21.5. The minimum absolute atomic E-state index is 0.0449. The lowest BCUT2D eigenvalue weighted by Crippen LogP contribution is -2.50. The van der Waals surface area contributed by atoms with E-state index in [0.717, 1.165) is 11.8 Å². The van der Waals surface area contributed by atoms with E-state index in [-0.39, 0.29) is 17.9 Å². The molecule has 0 aromatic heterocycles. The van der Waals surface area contributed by atoms with Gasteiger partial charge in [0.15, 0.2) is 6.10 Å². The van der Waals surface area contributed by atoms with Gasteiger partial charge in [0.2, 0.25) is 10.0 Å². The summed E-state index contributed by atoms with van der Waals surface area (Å²) in [6.07, 6.45) is 0.941. The van der Waals surface area contributed by atoms with Crippen molar-refractivity contribution in [3.63, 3.8) is 0 Å². The summed E-state index contributed by atoms with van der Waals surface area (Å²) >= 11 is 0. The van der Waals surface area contributed by atoms with Crippen molar-refractivity contribution in [1.29, 1.82) is 0 Å². The number of ether oxygens (including phenoxy) is 2. The van der Waals surface area contributed by atoms with Crippen LogP contribution in [0.5, 0.6) is 5.75 Å². The van der Waals surface area contributed by atoms with Crippen LogP contribution in [0.3, 0.4) is 0 Å². The van der Waals surface area contributed by atoms with E-state index in [0.29, 0.717) is 37.6 Å². The lowest BCUT2D eigenvalue weighted by molar-refractivity contribution is -0.127. The van der Waals surface area contributed by atoms with Gasteiger partial charge in [0.1, 0.15) is 5.75 Å². The van der Waals surface area contributed by atoms with Crippen LogP contribution < -0.4 is 14.4 Å². The number of rotatable bonds is 7. The second-order valence-electron chi connectivity index (χ2n) is 7.67. The van der Waals surface area contributed by atoms with Crippen molar-refractivity contribution in [1.82, 2.24) is 5.32 Å². The molecule has 7 nitrogen and oxygen atoms in total. The topological polar surface area (TPSA) is 84.9 Å². The van der Waals surface area contributed by atoms with Crippen LogP contribution >= 0.6 is 0 Å². The summed E-state index contributed by atoms with van der Waals surface area (Å²) in [5.74, 6) is 0.0693. The lowest BCUT2D eigenvalue weighted by Gasteiger charge is -2.35. The summed E-state index contributed by atoms with van der Waals surface area (Å²) in [7, 11) is -3.55. The van der Waals surface area contributed by atoms with Crippen molar-refractivity contribution >= 4 is 21.6 Å². The fourth-order valence-electron chi connectivity index (χ4n) is 2.81. The van der Waals surface area contributed by atoms with Gasteiger partial charge in [0.25, 0.3) is 5.91 Å². The average molecular weight is 399 g/mol. The summed E-state index contributed by atoms with van der Waals surface area (Å²) in [6.45, 7) is 9.69. The quantitative estimate of drug-likeness (QED) is 0.711. The van der Waals surface area contributed by atoms with E-state index in [1.807, 2.05) is 19.1 Å². The third-order valence-corrected chi connectivity index (χ3v) is 5.50. The maximum absolute atomic E-state index is 12.4. The van der Waals surface area contributed by atoms with E-state index in [9.17, 15) is 13.2 Å². The SMILES string of the molecule is CCOCCCNC(=O)C1CN(S(C)(=O)=O)c2cc(C(C)(C)C)ccc2O1. The number of carbonyl (C=O) groups is 1. The van der Waals surface area contributed by atoms with Crippen LogP contribution in [-0.4, -0.2) is 53.0 Å². The Morgan fingerprint density at radius 1 is 1.37 bits per heavy atom. The summed E-state index contributed by atoms with van der Waals surface area (Å²) in [4.78, 5) is 12.4. The minimum Gasteiger partial charge on any atom is -0.476 e. The van der Waals surface area contributed by atoms with Crippen molar-refractivity contribution in [3.05, 3.63) is 23.8 Å². The number of benzene rings is 1. The molecule has 1 N–H and O–H groups in total. The average Bonchev–Trinajstić information content (AvgIpc) is 2.58. The van der Waals surface area contributed by atoms with Crippen LogP contribution in [-0.2, 0) is 25.0 Å².